The van der Waals surface area contributed by atoms with E-state index in [1.54, 1.807) is 6.07 Å². The van der Waals surface area contributed by atoms with Crippen LogP contribution in [0.25, 0.3) is 0 Å². The molecule has 0 N–H and O–H groups in total. The summed E-state index contributed by atoms with van der Waals surface area (Å²) >= 11 is 0. The van der Waals surface area contributed by atoms with Crippen LogP contribution in [0.3, 0.4) is 0 Å². The van der Waals surface area contributed by atoms with Gasteiger partial charge in [0.2, 0.25) is 0 Å². The predicted molar refractivity (Wildman–Crippen MR) is 79.7 cm³/mol. The lowest BCUT2D eigenvalue weighted by Crippen LogP contribution is -2.05. The Labute approximate surface area is 119 Å². The molecule has 0 aliphatic heterocycles. The topological polar surface area (TPSA) is 17.1 Å². The molecule has 0 aliphatic carbocycles. The van der Waals surface area contributed by atoms with Crippen LogP contribution in [0.15, 0.2) is 42.5 Å². The third-order valence-corrected chi connectivity index (χ3v) is 3.56. The van der Waals surface area contributed by atoms with Crippen molar-refractivity contribution in [1.82, 2.24) is 0 Å². The predicted octanol–water partition coefficient (Wildman–Crippen LogP) is 4.68. The first kappa shape index (κ1) is 14.4. The van der Waals surface area contributed by atoms with Gasteiger partial charge in [-0.3, -0.25) is 4.79 Å². The highest BCUT2D eigenvalue weighted by Crippen LogP contribution is 2.17. The van der Waals surface area contributed by atoms with Gasteiger partial charge in [-0.15, -0.1) is 0 Å². The number of rotatable bonds is 4. The van der Waals surface area contributed by atoms with E-state index in [0.717, 1.165) is 11.1 Å². The Morgan fingerprint density at radius 3 is 2.35 bits per heavy atom. The Morgan fingerprint density at radius 2 is 1.75 bits per heavy atom. The molecular weight excluding hydrogens is 251 g/mol. The van der Waals surface area contributed by atoms with Crippen molar-refractivity contribution < 1.29 is 9.18 Å². The van der Waals surface area contributed by atoms with Crippen LogP contribution in [0.2, 0.25) is 0 Å². The third-order valence-electron chi connectivity index (χ3n) is 3.56. The zero-order valence-corrected chi connectivity index (χ0v) is 12.1. The number of halogens is 1. The SMILES string of the molecule is Cc1ccc(F)cc1CC(=O)c1ccc(C(C)C)cc1. The van der Waals surface area contributed by atoms with Gasteiger partial charge in [0, 0.05) is 12.0 Å². The number of carbonyl (C=O) groups is 1. The molecule has 0 atom stereocenters. The monoisotopic (exact) mass is 270 g/mol. The van der Waals surface area contributed by atoms with E-state index in [0.29, 0.717) is 11.5 Å². The smallest absolute Gasteiger partial charge is 0.167 e. The second-order valence-corrected chi connectivity index (χ2v) is 5.45. The van der Waals surface area contributed by atoms with Gasteiger partial charge < -0.3 is 0 Å². The fourth-order valence-electron chi connectivity index (χ4n) is 2.16. The zero-order chi connectivity index (χ0) is 14.7. The minimum absolute atomic E-state index is 0.0222. The van der Waals surface area contributed by atoms with Gasteiger partial charge in [0.15, 0.2) is 5.78 Å². The van der Waals surface area contributed by atoms with Crippen LogP contribution >= 0.6 is 0 Å². The Hall–Kier alpha value is -1.96. The number of hydrogen-bond acceptors (Lipinski definition) is 1. The summed E-state index contributed by atoms with van der Waals surface area (Å²) in [5.74, 6) is 0.173. The van der Waals surface area contributed by atoms with Gasteiger partial charge in [0.1, 0.15) is 5.82 Å². The number of carbonyl (C=O) groups excluding carboxylic acids is 1. The van der Waals surface area contributed by atoms with Crippen molar-refractivity contribution in [2.45, 2.75) is 33.1 Å². The van der Waals surface area contributed by atoms with Gasteiger partial charge in [-0.2, -0.15) is 0 Å². The van der Waals surface area contributed by atoms with Gasteiger partial charge in [-0.25, -0.2) is 4.39 Å². The highest BCUT2D eigenvalue weighted by molar-refractivity contribution is 5.97. The number of hydrogen-bond donors (Lipinski definition) is 0. The Bertz CT molecular complexity index is 612. The Morgan fingerprint density at radius 1 is 1.10 bits per heavy atom. The van der Waals surface area contributed by atoms with E-state index >= 15 is 0 Å². The van der Waals surface area contributed by atoms with E-state index in [1.165, 1.54) is 17.7 Å². The standard InChI is InChI=1S/C18H19FO/c1-12(2)14-5-7-15(8-6-14)18(20)11-16-10-17(19)9-4-13(16)3/h4-10,12H,11H2,1-3H3. The minimum atomic E-state index is -0.298. The fourth-order valence-corrected chi connectivity index (χ4v) is 2.16. The highest BCUT2D eigenvalue weighted by atomic mass is 19.1. The van der Waals surface area contributed by atoms with E-state index in [2.05, 4.69) is 13.8 Å². The van der Waals surface area contributed by atoms with Crippen molar-refractivity contribution in [3.05, 3.63) is 70.5 Å². The molecule has 2 heteroatoms. The molecule has 104 valence electrons. The van der Waals surface area contributed by atoms with Crippen LogP contribution in [-0.4, -0.2) is 5.78 Å². The summed E-state index contributed by atoms with van der Waals surface area (Å²) in [4.78, 5) is 12.2. The Kier molecular flexibility index (Phi) is 4.33. The fraction of sp³-hybridized carbons (Fsp3) is 0.278. The molecule has 0 aromatic heterocycles. The molecule has 0 saturated heterocycles. The van der Waals surface area contributed by atoms with Crippen LogP contribution in [0.4, 0.5) is 4.39 Å². The summed E-state index contributed by atoms with van der Waals surface area (Å²) in [6.45, 7) is 6.13. The van der Waals surface area contributed by atoms with Crippen LogP contribution < -0.4 is 0 Å². The summed E-state index contributed by atoms with van der Waals surface area (Å²) < 4.78 is 13.2. The van der Waals surface area contributed by atoms with Gasteiger partial charge in [-0.1, -0.05) is 44.2 Å². The first-order chi connectivity index (χ1) is 9.47. The molecule has 0 fully saturated rings. The number of aryl methyl sites for hydroxylation is 1. The van der Waals surface area contributed by atoms with E-state index < -0.39 is 0 Å². The molecule has 2 aromatic carbocycles. The van der Waals surface area contributed by atoms with E-state index in [-0.39, 0.29) is 18.0 Å². The first-order valence-electron chi connectivity index (χ1n) is 6.85. The summed E-state index contributed by atoms with van der Waals surface area (Å²) in [6, 6.07) is 12.2. The second kappa shape index (κ2) is 6.00. The minimum Gasteiger partial charge on any atom is -0.294 e. The number of Topliss-reactive ketones (excluding diaryl/α,β-unsaturated/α-hetero) is 1. The van der Waals surface area contributed by atoms with Gasteiger partial charge in [-0.05, 0) is 41.7 Å². The molecule has 0 heterocycles. The molecular formula is C18H19FO. The van der Waals surface area contributed by atoms with Gasteiger partial charge in [0.25, 0.3) is 0 Å². The number of benzene rings is 2. The van der Waals surface area contributed by atoms with E-state index in [1.807, 2.05) is 31.2 Å². The molecule has 0 bridgehead atoms. The quantitative estimate of drug-likeness (QED) is 0.737. The maximum absolute atomic E-state index is 13.2. The van der Waals surface area contributed by atoms with Crippen LogP contribution in [0, 0.1) is 12.7 Å². The molecule has 0 spiro atoms. The molecule has 0 radical (unpaired) electrons. The third kappa shape index (κ3) is 3.32. The van der Waals surface area contributed by atoms with Crippen LogP contribution in [0.1, 0.15) is 46.8 Å². The average molecular weight is 270 g/mol. The molecule has 1 nitrogen and oxygen atoms in total. The van der Waals surface area contributed by atoms with Crippen molar-refractivity contribution in [3.8, 4) is 0 Å². The lowest BCUT2D eigenvalue weighted by molar-refractivity contribution is 0.0992. The van der Waals surface area contributed by atoms with Crippen molar-refractivity contribution >= 4 is 5.78 Å². The molecule has 20 heavy (non-hydrogen) atoms. The van der Waals surface area contributed by atoms with Crippen molar-refractivity contribution in [2.24, 2.45) is 0 Å². The number of ketones is 1. The van der Waals surface area contributed by atoms with Crippen LogP contribution in [0.5, 0.6) is 0 Å². The van der Waals surface area contributed by atoms with Crippen molar-refractivity contribution in [2.75, 3.05) is 0 Å². The average Bonchev–Trinajstić information content (AvgIpc) is 2.43. The lowest BCUT2D eigenvalue weighted by atomic mass is 9.96. The van der Waals surface area contributed by atoms with Crippen molar-refractivity contribution in [3.63, 3.8) is 0 Å². The summed E-state index contributed by atoms with van der Waals surface area (Å²) in [7, 11) is 0. The van der Waals surface area contributed by atoms with E-state index in [4.69, 9.17) is 0 Å². The molecule has 0 unspecified atom stereocenters. The summed E-state index contributed by atoms with van der Waals surface area (Å²) in [5, 5.41) is 0. The lowest BCUT2D eigenvalue weighted by Gasteiger charge is -2.08. The summed E-state index contributed by atoms with van der Waals surface area (Å²) in [6.07, 6.45) is 0.241. The molecule has 0 aliphatic rings. The first-order valence-corrected chi connectivity index (χ1v) is 6.85. The van der Waals surface area contributed by atoms with Gasteiger partial charge >= 0.3 is 0 Å². The summed E-state index contributed by atoms with van der Waals surface area (Å²) in [5.41, 5.74) is 3.59. The zero-order valence-electron chi connectivity index (χ0n) is 12.1. The Balaban J connectivity index is 2.17. The molecule has 0 amide bonds. The maximum Gasteiger partial charge on any atom is 0.167 e. The van der Waals surface area contributed by atoms with E-state index in [9.17, 15) is 9.18 Å². The molecule has 2 aromatic rings. The molecule has 2 rings (SSSR count). The van der Waals surface area contributed by atoms with Crippen LogP contribution in [-0.2, 0) is 6.42 Å². The second-order valence-electron chi connectivity index (χ2n) is 5.45. The van der Waals surface area contributed by atoms with Gasteiger partial charge in [0.05, 0.1) is 0 Å². The normalized spacial score (nSPS) is 10.8. The van der Waals surface area contributed by atoms with Crippen molar-refractivity contribution in [1.29, 1.82) is 0 Å². The molecule has 0 saturated carbocycles. The highest BCUT2D eigenvalue weighted by Gasteiger charge is 2.10. The largest absolute Gasteiger partial charge is 0.294 e. The maximum atomic E-state index is 13.2.